The molecule has 1 atom stereocenters. The van der Waals surface area contributed by atoms with E-state index in [1.165, 1.54) is 17.5 Å². The van der Waals surface area contributed by atoms with Gasteiger partial charge in [-0.15, -0.1) is 0 Å². The minimum Gasteiger partial charge on any atom is -0.497 e. The van der Waals surface area contributed by atoms with E-state index >= 15 is 0 Å². The SMILES string of the molecule is COC(=O)c1cc([C@H](C)[Si](c2ccccc2)c2ccccc2)cn1Cc1ccc(OC)cc1. The number of carbonyl (C=O) groups is 1. The molecule has 0 bridgehead atoms. The second kappa shape index (κ2) is 10.4. The van der Waals surface area contributed by atoms with Crippen LogP contribution < -0.4 is 15.1 Å². The van der Waals surface area contributed by atoms with Crippen LogP contribution in [0.3, 0.4) is 0 Å². The van der Waals surface area contributed by atoms with Gasteiger partial charge in [-0.3, -0.25) is 0 Å². The molecule has 0 aliphatic rings. The van der Waals surface area contributed by atoms with Crippen LogP contribution in [0.1, 0.15) is 34.1 Å². The Morgan fingerprint density at radius 3 is 1.97 bits per heavy atom. The van der Waals surface area contributed by atoms with Crippen molar-refractivity contribution >= 4 is 25.1 Å². The van der Waals surface area contributed by atoms with Crippen LogP contribution in [0.25, 0.3) is 0 Å². The Bertz CT molecular complexity index is 1150. The molecule has 0 amide bonds. The number of rotatable bonds is 8. The molecule has 5 heteroatoms. The van der Waals surface area contributed by atoms with Crippen molar-refractivity contribution in [3.8, 4) is 5.75 Å². The van der Waals surface area contributed by atoms with Gasteiger partial charge in [0, 0.05) is 12.7 Å². The molecule has 1 aromatic heterocycles. The summed E-state index contributed by atoms with van der Waals surface area (Å²) in [6.07, 6.45) is 2.11. The van der Waals surface area contributed by atoms with E-state index in [1.54, 1.807) is 7.11 Å². The van der Waals surface area contributed by atoms with Gasteiger partial charge in [0.05, 0.1) is 14.2 Å². The van der Waals surface area contributed by atoms with Gasteiger partial charge in [0.15, 0.2) is 0 Å². The lowest BCUT2D eigenvalue weighted by Crippen LogP contribution is -2.46. The monoisotopic (exact) mass is 454 g/mol. The van der Waals surface area contributed by atoms with E-state index < -0.39 is 8.80 Å². The first-order valence-corrected chi connectivity index (χ1v) is 12.6. The number of methoxy groups -OCH3 is 2. The highest BCUT2D eigenvalue weighted by Gasteiger charge is 2.27. The highest BCUT2D eigenvalue weighted by Crippen LogP contribution is 2.24. The summed E-state index contributed by atoms with van der Waals surface area (Å²) in [5.41, 5.74) is 3.05. The molecule has 0 aliphatic heterocycles. The van der Waals surface area contributed by atoms with Crippen molar-refractivity contribution in [1.29, 1.82) is 0 Å². The second-order valence-corrected chi connectivity index (χ2v) is 10.8. The third kappa shape index (κ3) is 5.09. The summed E-state index contributed by atoms with van der Waals surface area (Å²) >= 11 is 0. The van der Waals surface area contributed by atoms with Gasteiger partial charge in [-0.25, -0.2) is 4.79 Å². The van der Waals surface area contributed by atoms with E-state index in [4.69, 9.17) is 9.47 Å². The lowest BCUT2D eigenvalue weighted by molar-refractivity contribution is 0.0589. The smallest absolute Gasteiger partial charge is 0.354 e. The molecule has 1 heterocycles. The molecule has 0 aliphatic carbocycles. The maximum atomic E-state index is 12.6. The lowest BCUT2D eigenvalue weighted by atomic mass is 10.2. The summed E-state index contributed by atoms with van der Waals surface area (Å²) in [6.45, 7) is 2.85. The summed E-state index contributed by atoms with van der Waals surface area (Å²) in [6, 6.07) is 31.3. The summed E-state index contributed by atoms with van der Waals surface area (Å²) in [5.74, 6) is 0.488. The molecular weight excluding hydrogens is 426 g/mol. The molecule has 0 fully saturated rings. The van der Waals surface area contributed by atoms with Crippen LogP contribution in [0.4, 0.5) is 0 Å². The van der Waals surface area contributed by atoms with E-state index in [9.17, 15) is 4.79 Å². The molecule has 1 radical (unpaired) electrons. The average molecular weight is 455 g/mol. The predicted molar refractivity (Wildman–Crippen MR) is 134 cm³/mol. The van der Waals surface area contributed by atoms with E-state index in [0.717, 1.165) is 16.9 Å². The molecule has 4 aromatic rings. The highest BCUT2D eigenvalue weighted by atomic mass is 28.3. The van der Waals surface area contributed by atoms with Crippen LogP contribution in [-0.2, 0) is 11.3 Å². The molecule has 0 unspecified atom stereocenters. The maximum Gasteiger partial charge on any atom is 0.354 e. The Hall–Kier alpha value is -3.57. The van der Waals surface area contributed by atoms with Gasteiger partial charge in [-0.2, -0.15) is 0 Å². The van der Waals surface area contributed by atoms with Gasteiger partial charge in [-0.05, 0) is 34.9 Å². The predicted octanol–water partition coefficient (Wildman–Crippen LogP) is 4.28. The Morgan fingerprint density at radius 2 is 1.45 bits per heavy atom. The largest absolute Gasteiger partial charge is 0.497 e. The number of benzene rings is 3. The highest BCUT2D eigenvalue weighted by molar-refractivity contribution is 6.86. The zero-order chi connectivity index (χ0) is 23.2. The van der Waals surface area contributed by atoms with Crippen molar-refractivity contribution in [2.45, 2.75) is 19.0 Å². The van der Waals surface area contributed by atoms with Gasteiger partial charge in [0.1, 0.15) is 20.2 Å². The van der Waals surface area contributed by atoms with Crippen molar-refractivity contribution in [2.24, 2.45) is 0 Å². The lowest BCUT2D eigenvalue weighted by Gasteiger charge is -2.22. The topological polar surface area (TPSA) is 40.5 Å². The van der Waals surface area contributed by atoms with Gasteiger partial charge in [0.2, 0.25) is 0 Å². The fraction of sp³-hybridized carbons (Fsp3) is 0.179. The molecule has 0 N–H and O–H groups in total. The third-order valence-corrected chi connectivity index (χ3v) is 9.04. The van der Waals surface area contributed by atoms with Gasteiger partial charge >= 0.3 is 5.97 Å². The second-order valence-electron chi connectivity index (χ2n) is 7.99. The van der Waals surface area contributed by atoms with Gasteiger partial charge in [0.25, 0.3) is 0 Å². The Labute approximate surface area is 197 Å². The minimum atomic E-state index is -1.13. The summed E-state index contributed by atoms with van der Waals surface area (Å²) in [4.78, 5) is 12.6. The number of ether oxygens (including phenoxy) is 2. The first-order chi connectivity index (χ1) is 16.1. The van der Waals surface area contributed by atoms with Crippen molar-refractivity contribution in [3.05, 3.63) is 114 Å². The number of aromatic nitrogens is 1. The number of nitrogens with zero attached hydrogens (tertiary/aromatic N) is 1. The Kier molecular flexibility index (Phi) is 7.10. The average Bonchev–Trinajstić information content (AvgIpc) is 3.29. The third-order valence-electron chi connectivity index (χ3n) is 5.93. The van der Waals surface area contributed by atoms with Crippen molar-refractivity contribution < 1.29 is 14.3 Å². The number of esters is 1. The van der Waals surface area contributed by atoms with E-state index in [2.05, 4.69) is 73.8 Å². The molecule has 167 valence electrons. The first kappa shape index (κ1) is 22.6. The van der Waals surface area contributed by atoms with Crippen LogP contribution in [0.2, 0.25) is 0 Å². The summed E-state index contributed by atoms with van der Waals surface area (Å²) in [5, 5.41) is 2.70. The van der Waals surface area contributed by atoms with Gasteiger partial charge < -0.3 is 14.0 Å². The fourth-order valence-electron chi connectivity index (χ4n) is 4.17. The van der Waals surface area contributed by atoms with Crippen LogP contribution in [-0.4, -0.2) is 33.6 Å². The van der Waals surface area contributed by atoms with E-state index in [1.807, 2.05) is 34.9 Å². The first-order valence-electron chi connectivity index (χ1n) is 11.0. The molecule has 0 saturated heterocycles. The van der Waals surface area contributed by atoms with E-state index in [0.29, 0.717) is 12.2 Å². The van der Waals surface area contributed by atoms with Crippen molar-refractivity contribution in [2.75, 3.05) is 14.2 Å². The number of hydrogen-bond acceptors (Lipinski definition) is 3. The molecule has 4 nitrogen and oxygen atoms in total. The number of carbonyl (C=O) groups excluding carboxylic acids is 1. The molecule has 0 saturated carbocycles. The normalized spacial score (nSPS) is 11.9. The van der Waals surface area contributed by atoms with Crippen molar-refractivity contribution in [1.82, 2.24) is 4.57 Å². The Balaban J connectivity index is 1.72. The van der Waals surface area contributed by atoms with Crippen molar-refractivity contribution in [3.63, 3.8) is 0 Å². The van der Waals surface area contributed by atoms with Crippen LogP contribution >= 0.6 is 0 Å². The van der Waals surface area contributed by atoms with Crippen LogP contribution in [0, 0.1) is 0 Å². The Morgan fingerprint density at radius 1 is 0.879 bits per heavy atom. The zero-order valence-electron chi connectivity index (χ0n) is 19.2. The molecule has 0 spiro atoms. The zero-order valence-corrected chi connectivity index (χ0v) is 20.2. The minimum absolute atomic E-state index is 0.250. The van der Waals surface area contributed by atoms with E-state index in [-0.39, 0.29) is 11.5 Å². The van der Waals surface area contributed by atoms with Crippen LogP contribution in [0.5, 0.6) is 5.75 Å². The summed E-state index contributed by atoms with van der Waals surface area (Å²) in [7, 11) is 1.96. The quantitative estimate of drug-likeness (QED) is 0.295. The van der Waals surface area contributed by atoms with Crippen LogP contribution in [0.15, 0.2) is 97.2 Å². The fourth-order valence-corrected chi connectivity index (χ4v) is 7.10. The molecular formula is C28H28NO3Si. The standard InChI is InChI=1S/C28H28NO3Si/c1-21(33(25-10-6-4-7-11-25)26-12-8-5-9-13-26)23-18-27(28(30)32-3)29(20-23)19-22-14-16-24(31-2)17-15-22/h4-18,20-21H,19H2,1-3H3/t21-/m0/s1. The maximum absolute atomic E-state index is 12.6. The molecule has 4 rings (SSSR count). The van der Waals surface area contributed by atoms with Gasteiger partial charge in [-0.1, -0.05) is 90.1 Å². The molecule has 33 heavy (non-hydrogen) atoms. The number of hydrogen-bond donors (Lipinski definition) is 0. The summed E-state index contributed by atoms with van der Waals surface area (Å²) < 4.78 is 12.4. The molecule has 3 aromatic carbocycles.